The van der Waals surface area contributed by atoms with Gasteiger partial charge in [0.2, 0.25) is 0 Å². The third-order valence-electron chi connectivity index (χ3n) is 4.04. The highest BCUT2D eigenvalue weighted by molar-refractivity contribution is 5.61. The maximum atomic E-state index is 5.27. The zero-order chi connectivity index (χ0) is 18.4. The molecule has 0 amide bonds. The summed E-state index contributed by atoms with van der Waals surface area (Å²) in [7, 11) is 3.70. The Morgan fingerprint density at radius 3 is 2.65 bits per heavy atom. The lowest BCUT2D eigenvalue weighted by atomic mass is 10.2. The van der Waals surface area contributed by atoms with Crippen LogP contribution in [0.3, 0.4) is 0 Å². The SMILES string of the molecule is COc1cccc(Nc2cc(N(C)CCc3ccncc3)nc(C)n2)c1. The van der Waals surface area contributed by atoms with Crippen LogP contribution in [0.2, 0.25) is 0 Å². The number of anilines is 3. The minimum Gasteiger partial charge on any atom is -0.497 e. The lowest BCUT2D eigenvalue weighted by Gasteiger charge is -2.19. The van der Waals surface area contributed by atoms with Gasteiger partial charge >= 0.3 is 0 Å². The Hall–Kier alpha value is -3.15. The van der Waals surface area contributed by atoms with E-state index in [4.69, 9.17) is 4.74 Å². The first-order valence-corrected chi connectivity index (χ1v) is 8.51. The van der Waals surface area contributed by atoms with Crippen LogP contribution >= 0.6 is 0 Å². The standard InChI is InChI=1S/C20H23N5O/c1-15-22-19(24-17-5-4-6-18(13-17)26-3)14-20(23-15)25(2)12-9-16-7-10-21-11-8-16/h4-8,10-11,13-14H,9,12H2,1-3H3,(H,22,23,24). The molecule has 3 aromatic rings. The number of methoxy groups -OCH3 is 1. The van der Waals surface area contributed by atoms with Gasteiger partial charge in [0, 0.05) is 43.8 Å². The van der Waals surface area contributed by atoms with E-state index in [1.807, 2.05) is 68.8 Å². The molecule has 3 rings (SSSR count). The number of nitrogens with zero attached hydrogens (tertiary/aromatic N) is 4. The van der Waals surface area contributed by atoms with Crippen LogP contribution in [-0.2, 0) is 6.42 Å². The second-order valence-electron chi connectivity index (χ2n) is 6.04. The summed E-state index contributed by atoms with van der Waals surface area (Å²) >= 11 is 0. The highest BCUT2D eigenvalue weighted by Gasteiger charge is 2.08. The molecule has 0 aliphatic heterocycles. The molecule has 6 heteroatoms. The average Bonchev–Trinajstić information content (AvgIpc) is 2.66. The normalized spacial score (nSPS) is 10.4. The van der Waals surface area contributed by atoms with Crippen molar-refractivity contribution in [1.82, 2.24) is 15.0 Å². The summed E-state index contributed by atoms with van der Waals surface area (Å²) in [5, 5.41) is 3.32. The fourth-order valence-corrected chi connectivity index (χ4v) is 2.62. The van der Waals surface area contributed by atoms with Gasteiger partial charge in [-0.05, 0) is 43.2 Å². The molecule has 0 fully saturated rings. The van der Waals surface area contributed by atoms with Gasteiger partial charge < -0.3 is 15.0 Å². The first kappa shape index (κ1) is 17.7. The number of likely N-dealkylation sites (N-methyl/N-ethyl adjacent to an activating group) is 1. The Balaban J connectivity index is 1.72. The first-order chi connectivity index (χ1) is 12.6. The second-order valence-corrected chi connectivity index (χ2v) is 6.04. The van der Waals surface area contributed by atoms with Crippen LogP contribution in [0.5, 0.6) is 5.75 Å². The zero-order valence-corrected chi connectivity index (χ0v) is 15.3. The number of aromatic nitrogens is 3. The number of benzene rings is 1. The van der Waals surface area contributed by atoms with Crippen molar-refractivity contribution < 1.29 is 4.74 Å². The molecule has 134 valence electrons. The van der Waals surface area contributed by atoms with E-state index < -0.39 is 0 Å². The van der Waals surface area contributed by atoms with Crippen LogP contribution in [0, 0.1) is 6.92 Å². The molecule has 6 nitrogen and oxygen atoms in total. The van der Waals surface area contributed by atoms with Crippen LogP contribution in [0.1, 0.15) is 11.4 Å². The minimum absolute atomic E-state index is 0.726. The molecule has 2 aromatic heterocycles. The molecule has 1 aromatic carbocycles. The van der Waals surface area contributed by atoms with Crippen LogP contribution in [-0.4, -0.2) is 35.7 Å². The third-order valence-corrected chi connectivity index (χ3v) is 4.04. The van der Waals surface area contributed by atoms with E-state index in [2.05, 4.69) is 25.2 Å². The molecule has 0 saturated heterocycles. The number of aryl methyl sites for hydroxylation is 1. The van der Waals surface area contributed by atoms with Crippen molar-refractivity contribution in [1.29, 1.82) is 0 Å². The summed E-state index contributed by atoms with van der Waals surface area (Å²) < 4.78 is 5.27. The van der Waals surface area contributed by atoms with Crippen molar-refractivity contribution in [3.8, 4) is 5.75 Å². The number of nitrogens with one attached hydrogen (secondary N) is 1. The second kappa shape index (κ2) is 8.29. The van der Waals surface area contributed by atoms with Crippen molar-refractivity contribution in [2.45, 2.75) is 13.3 Å². The van der Waals surface area contributed by atoms with E-state index in [0.717, 1.165) is 41.9 Å². The number of ether oxygens (including phenoxy) is 1. The molecule has 0 spiro atoms. The van der Waals surface area contributed by atoms with Crippen molar-refractivity contribution in [3.63, 3.8) is 0 Å². The van der Waals surface area contributed by atoms with E-state index in [1.165, 1.54) is 5.56 Å². The molecule has 0 atom stereocenters. The lowest BCUT2D eigenvalue weighted by molar-refractivity contribution is 0.415. The smallest absolute Gasteiger partial charge is 0.136 e. The van der Waals surface area contributed by atoms with Crippen molar-refractivity contribution in [2.24, 2.45) is 0 Å². The van der Waals surface area contributed by atoms with Crippen LogP contribution in [0.15, 0.2) is 54.9 Å². The fourth-order valence-electron chi connectivity index (χ4n) is 2.62. The summed E-state index contributed by atoms with van der Waals surface area (Å²) in [6, 6.07) is 13.8. The minimum atomic E-state index is 0.726. The van der Waals surface area contributed by atoms with Crippen molar-refractivity contribution >= 4 is 17.3 Å². The van der Waals surface area contributed by atoms with E-state index in [1.54, 1.807) is 7.11 Å². The molecule has 0 bridgehead atoms. The predicted octanol–water partition coefficient (Wildman–Crippen LogP) is 3.61. The van der Waals surface area contributed by atoms with Gasteiger partial charge in [-0.25, -0.2) is 9.97 Å². The summed E-state index contributed by atoms with van der Waals surface area (Å²) in [5.41, 5.74) is 2.18. The fraction of sp³-hybridized carbons (Fsp3) is 0.250. The molecular weight excluding hydrogens is 326 g/mol. The maximum absolute atomic E-state index is 5.27. The van der Waals surface area contributed by atoms with Crippen LogP contribution in [0.4, 0.5) is 17.3 Å². The van der Waals surface area contributed by atoms with Gasteiger partial charge in [0.05, 0.1) is 7.11 Å². The molecule has 2 heterocycles. The summed E-state index contributed by atoms with van der Waals surface area (Å²) in [4.78, 5) is 15.2. The highest BCUT2D eigenvalue weighted by Crippen LogP contribution is 2.22. The lowest BCUT2D eigenvalue weighted by Crippen LogP contribution is -2.22. The molecule has 1 N–H and O–H groups in total. The number of pyridine rings is 1. The summed E-state index contributed by atoms with van der Waals surface area (Å²) in [6.45, 7) is 2.76. The van der Waals surface area contributed by atoms with Gasteiger partial charge in [0.15, 0.2) is 0 Å². The van der Waals surface area contributed by atoms with Gasteiger partial charge in [0.25, 0.3) is 0 Å². The van der Waals surface area contributed by atoms with E-state index in [9.17, 15) is 0 Å². The molecule has 0 radical (unpaired) electrons. The van der Waals surface area contributed by atoms with Crippen LogP contribution < -0.4 is 15.0 Å². The maximum Gasteiger partial charge on any atom is 0.136 e. The van der Waals surface area contributed by atoms with Gasteiger partial charge in [-0.3, -0.25) is 4.98 Å². The predicted molar refractivity (Wildman–Crippen MR) is 104 cm³/mol. The number of hydrogen-bond donors (Lipinski definition) is 1. The zero-order valence-electron chi connectivity index (χ0n) is 15.3. The Morgan fingerprint density at radius 1 is 1.08 bits per heavy atom. The number of hydrogen-bond acceptors (Lipinski definition) is 6. The molecule has 0 aliphatic rings. The molecular formula is C20H23N5O. The molecule has 0 unspecified atom stereocenters. The van der Waals surface area contributed by atoms with E-state index in [-0.39, 0.29) is 0 Å². The highest BCUT2D eigenvalue weighted by atomic mass is 16.5. The monoisotopic (exact) mass is 349 g/mol. The quantitative estimate of drug-likeness (QED) is 0.703. The Kier molecular flexibility index (Phi) is 5.63. The largest absolute Gasteiger partial charge is 0.497 e. The number of rotatable bonds is 7. The van der Waals surface area contributed by atoms with Crippen molar-refractivity contribution in [3.05, 3.63) is 66.2 Å². The van der Waals surface area contributed by atoms with Gasteiger partial charge in [-0.2, -0.15) is 0 Å². The van der Waals surface area contributed by atoms with Gasteiger partial charge in [-0.15, -0.1) is 0 Å². The van der Waals surface area contributed by atoms with E-state index >= 15 is 0 Å². The van der Waals surface area contributed by atoms with Gasteiger partial charge in [0.1, 0.15) is 23.2 Å². The molecule has 0 aliphatic carbocycles. The average molecular weight is 349 g/mol. The summed E-state index contributed by atoms with van der Waals surface area (Å²) in [6.07, 6.45) is 4.57. The summed E-state index contributed by atoms with van der Waals surface area (Å²) in [5.74, 6) is 3.17. The topological polar surface area (TPSA) is 63.2 Å². The molecule has 26 heavy (non-hydrogen) atoms. The van der Waals surface area contributed by atoms with Crippen molar-refractivity contribution in [2.75, 3.05) is 30.9 Å². The Bertz CT molecular complexity index is 854. The Morgan fingerprint density at radius 2 is 1.88 bits per heavy atom. The first-order valence-electron chi connectivity index (χ1n) is 8.51. The Labute approximate surface area is 153 Å². The van der Waals surface area contributed by atoms with Crippen LogP contribution in [0.25, 0.3) is 0 Å². The molecule has 0 saturated carbocycles. The third kappa shape index (κ3) is 4.69. The van der Waals surface area contributed by atoms with Gasteiger partial charge in [-0.1, -0.05) is 6.07 Å². The van der Waals surface area contributed by atoms with E-state index in [0.29, 0.717) is 0 Å².